The molecule has 8 heteroatoms. The molecule has 3 N–H and O–H groups in total. The first-order valence-corrected chi connectivity index (χ1v) is 11.4. The van der Waals surface area contributed by atoms with Gasteiger partial charge in [0.2, 0.25) is 0 Å². The Morgan fingerprint density at radius 3 is 2.59 bits per heavy atom. The van der Waals surface area contributed by atoms with Crippen molar-refractivity contribution in [3.05, 3.63) is 54.2 Å². The molecule has 1 aromatic carbocycles. The topological polar surface area (TPSA) is 97.4 Å². The number of morpholine rings is 1. The zero-order chi connectivity index (χ0) is 22.3. The van der Waals surface area contributed by atoms with Gasteiger partial charge in [-0.3, -0.25) is 0 Å². The molecule has 5 rings (SSSR count). The lowest BCUT2D eigenvalue weighted by Crippen LogP contribution is -2.36. The standard InChI is InChI=1S/C24H25N5O2S/c1-24(2,30)17-5-3-4-15(12-17)19-13-18-21(32-19)23(29-8-10-31-11-9-29)28-22(27-18)16-6-7-20(25)26-14-16/h3-7,12-14,30H,8-11H2,1-2H3,(H2,25,26). The van der Waals surface area contributed by atoms with Crippen molar-refractivity contribution in [3.8, 4) is 21.8 Å². The smallest absolute Gasteiger partial charge is 0.163 e. The largest absolute Gasteiger partial charge is 0.386 e. The van der Waals surface area contributed by atoms with Crippen LogP contribution in [0.5, 0.6) is 0 Å². The Balaban J connectivity index is 1.66. The highest BCUT2D eigenvalue weighted by Gasteiger charge is 2.21. The summed E-state index contributed by atoms with van der Waals surface area (Å²) in [6.07, 6.45) is 1.71. The maximum absolute atomic E-state index is 10.4. The van der Waals surface area contributed by atoms with Gasteiger partial charge in [0, 0.05) is 29.7 Å². The summed E-state index contributed by atoms with van der Waals surface area (Å²) in [7, 11) is 0. The van der Waals surface area contributed by atoms with Crippen LogP contribution in [-0.4, -0.2) is 46.4 Å². The summed E-state index contributed by atoms with van der Waals surface area (Å²) >= 11 is 1.67. The second-order valence-electron chi connectivity index (χ2n) is 8.41. The van der Waals surface area contributed by atoms with Crippen molar-refractivity contribution in [2.24, 2.45) is 0 Å². The summed E-state index contributed by atoms with van der Waals surface area (Å²) in [5, 5.41) is 10.4. The number of thiophene rings is 1. The average Bonchev–Trinajstić information content (AvgIpc) is 3.23. The van der Waals surface area contributed by atoms with Crippen molar-refractivity contribution in [2.45, 2.75) is 19.4 Å². The minimum Gasteiger partial charge on any atom is -0.386 e. The van der Waals surface area contributed by atoms with E-state index in [1.54, 1.807) is 37.4 Å². The van der Waals surface area contributed by atoms with E-state index in [0.717, 1.165) is 50.7 Å². The molecular weight excluding hydrogens is 422 g/mol. The van der Waals surface area contributed by atoms with Crippen LogP contribution in [0.25, 0.3) is 32.0 Å². The Labute approximate surface area is 190 Å². The van der Waals surface area contributed by atoms with Gasteiger partial charge in [-0.2, -0.15) is 0 Å². The Morgan fingerprint density at radius 1 is 1.06 bits per heavy atom. The van der Waals surface area contributed by atoms with Crippen LogP contribution in [0.15, 0.2) is 48.7 Å². The second kappa shape index (κ2) is 8.12. The van der Waals surface area contributed by atoms with E-state index in [2.05, 4.69) is 22.0 Å². The lowest BCUT2D eigenvalue weighted by Gasteiger charge is -2.28. The second-order valence-corrected chi connectivity index (χ2v) is 9.46. The monoisotopic (exact) mass is 447 g/mol. The minimum absolute atomic E-state index is 0.465. The molecule has 7 nitrogen and oxygen atoms in total. The zero-order valence-electron chi connectivity index (χ0n) is 18.1. The predicted octanol–water partition coefficient (Wildman–Crippen LogP) is 4.07. The van der Waals surface area contributed by atoms with Crippen molar-refractivity contribution in [1.82, 2.24) is 15.0 Å². The van der Waals surface area contributed by atoms with E-state index in [4.69, 9.17) is 20.4 Å². The van der Waals surface area contributed by atoms with Crippen molar-refractivity contribution in [2.75, 3.05) is 36.9 Å². The van der Waals surface area contributed by atoms with Gasteiger partial charge in [-0.1, -0.05) is 18.2 Å². The molecule has 1 aliphatic rings. The number of rotatable bonds is 4. The summed E-state index contributed by atoms with van der Waals surface area (Å²) in [5.41, 5.74) is 8.50. The van der Waals surface area contributed by atoms with Crippen LogP contribution < -0.4 is 10.6 Å². The van der Waals surface area contributed by atoms with Crippen molar-refractivity contribution in [3.63, 3.8) is 0 Å². The highest BCUT2D eigenvalue weighted by Crippen LogP contribution is 2.39. The van der Waals surface area contributed by atoms with E-state index in [9.17, 15) is 5.11 Å². The molecule has 32 heavy (non-hydrogen) atoms. The molecule has 0 unspecified atom stereocenters. The summed E-state index contributed by atoms with van der Waals surface area (Å²) in [6, 6.07) is 13.8. The summed E-state index contributed by atoms with van der Waals surface area (Å²) < 4.78 is 6.60. The zero-order valence-corrected chi connectivity index (χ0v) is 18.9. The van der Waals surface area contributed by atoms with Crippen molar-refractivity contribution >= 4 is 33.2 Å². The number of hydrogen-bond donors (Lipinski definition) is 2. The molecule has 164 valence electrons. The number of aliphatic hydroxyl groups is 1. The van der Waals surface area contributed by atoms with Crippen LogP contribution in [0.3, 0.4) is 0 Å². The lowest BCUT2D eigenvalue weighted by atomic mass is 9.96. The molecule has 1 fully saturated rings. The molecule has 0 bridgehead atoms. The highest BCUT2D eigenvalue weighted by molar-refractivity contribution is 7.22. The first kappa shape index (κ1) is 20.8. The van der Waals surface area contributed by atoms with Gasteiger partial charge in [0.15, 0.2) is 11.6 Å². The third-order valence-electron chi connectivity index (χ3n) is 5.56. The molecular formula is C24H25N5O2S. The molecule has 4 heterocycles. The molecule has 0 atom stereocenters. The van der Waals surface area contributed by atoms with Gasteiger partial charge in [0.25, 0.3) is 0 Å². The number of nitrogen functional groups attached to an aromatic ring is 1. The van der Waals surface area contributed by atoms with Crippen LogP contribution in [0.1, 0.15) is 19.4 Å². The van der Waals surface area contributed by atoms with E-state index >= 15 is 0 Å². The first-order valence-electron chi connectivity index (χ1n) is 10.6. The summed E-state index contributed by atoms with van der Waals surface area (Å²) in [6.45, 7) is 6.52. The molecule has 0 aliphatic carbocycles. The fraction of sp³-hybridized carbons (Fsp3) is 0.292. The maximum Gasteiger partial charge on any atom is 0.163 e. The lowest BCUT2D eigenvalue weighted by molar-refractivity contribution is 0.0786. The molecule has 0 spiro atoms. The van der Waals surface area contributed by atoms with E-state index in [-0.39, 0.29) is 0 Å². The van der Waals surface area contributed by atoms with Gasteiger partial charge in [-0.15, -0.1) is 11.3 Å². The van der Waals surface area contributed by atoms with Gasteiger partial charge in [-0.05, 0) is 49.2 Å². The number of pyridine rings is 1. The van der Waals surface area contributed by atoms with Crippen LogP contribution in [0, 0.1) is 0 Å². The minimum atomic E-state index is -0.902. The number of benzene rings is 1. The Bertz CT molecular complexity index is 1260. The first-order chi connectivity index (χ1) is 15.4. The van der Waals surface area contributed by atoms with Gasteiger partial charge < -0.3 is 20.5 Å². The van der Waals surface area contributed by atoms with Gasteiger partial charge in [0.1, 0.15) is 5.82 Å². The molecule has 0 amide bonds. The third-order valence-corrected chi connectivity index (χ3v) is 6.73. The molecule has 3 aromatic heterocycles. The van der Waals surface area contributed by atoms with E-state index in [0.29, 0.717) is 24.9 Å². The predicted molar refractivity (Wildman–Crippen MR) is 129 cm³/mol. The van der Waals surface area contributed by atoms with Crippen LogP contribution in [0.4, 0.5) is 11.6 Å². The summed E-state index contributed by atoms with van der Waals surface area (Å²) in [4.78, 5) is 17.3. The van der Waals surface area contributed by atoms with Gasteiger partial charge in [-0.25, -0.2) is 15.0 Å². The number of ether oxygens (including phenoxy) is 1. The number of nitrogens with two attached hydrogens (primary N) is 1. The van der Waals surface area contributed by atoms with E-state index in [1.807, 2.05) is 24.3 Å². The number of aromatic nitrogens is 3. The average molecular weight is 448 g/mol. The number of hydrogen-bond acceptors (Lipinski definition) is 8. The maximum atomic E-state index is 10.4. The fourth-order valence-electron chi connectivity index (χ4n) is 3.77. The SMILES string of the molecule is CC(C)(O)c1cccc(-c2cc3nc(-c4ccc(N)nc4)nc(N4CCOCC4)c3s2)c1. The van der Waals surface area contributed by atoms with Gasteiger partial charge in [0.05, 0.1) is 29.0 Å². The van der Waals surface area contributed by atoms with Crippen molar-refractivity contribution < 1.29 is 9.84 Å². The Hall–Kier alpha value is -3.07. The molecule has 0 saturated carbocycles. The molecule has 4 aromatic rings. The van der Waals surface area contributed by atoms with E-state index < -0.39 is 5.60 Å². The highest BCUT2D eigenvalue weighted by atomic mass is 32.1. The molecule has 1 saturated heterocycles. The number of fused-ring (bicyclic) bond motifs is 1. The molecule has 1 aliphatic heterocycles. The Morgan fingerprint density at radius 2 is 1.88 bits per heavy atom. The fourth-order valence-corrected chi connectivity index (χ4v) is 4.88. The number of anilines is 2. The van der Waals surface area contributed by atoms with Crippen LogP contribution in [0.2, 0.25) is 0 Å². The van der Waals surface area contributed by atoms with Crippen molar-refractivity contribution in [1.29, 1.82) is 0 Å². The molecule has 0 radical (unpaired) electrons. The van der Waals surface area contributed by atoms with Crippen LogP contribution in [-0.2, 0) is 10.3 Å². The number of nitrogens with zero attached hydrogens (tertiary/aromatic N) is 4. The van der Waals surface area contributed by atoms with Crippen LogP contribution >= 0.6 is 11.3 Å². The summed E-state index contributed by atoms with van der Waals surface area (Å²) in [5.74, 6) is 2.01. The Kier molecular flexibility index (Phi) is 5.28. The quantitative estimate of drug-likeness (QED) is 0.487. The third kappa shape index (κ3) is 4.04. The van der Waals surface area contributed by atoms with Gasteiger partial charge >= 0.3 is 0 Å². The van der Waals surface area contributed by atoms with E-state index in [1.165, 1.54) is 0 Å². The normalized spacial score (nSPS) is 14.8.